The van der Waals surface area contributed by atoms with Gasteiger partial charge in [0.2, 0.25) is 0 Å². The summed E-state index contributed by atoms with van der Waals surface area (Å²) in [6.07, 6.45) is 4.83. The molecule has 1 aromatic carbocycles. The van der Waals surface area contributed by atoms with Crippen LogP contribution in [-0.4, -0.2) is 9.97 Å². The van der Waals surface area contributed by atoms with E-state index in [2.05, 4.69) is 47.4 Å². The van der Waals surface area contributed by atoms with Crippen molar-refractivity contribution >= 4 is 21.6 Å². The SMILES string of the molecule is Cc1ccc(-c2c(-c3ccco3)sc3nc(C)n[c]c23)cc1. The van der Waals surface area contributed by atoms with Crippen LogP contribution in [0.5, 0.6) is 0 Å². The van der Waals surface area contributed by atoms with E-state index in [9.17, 15) is 0 Å². The molecule has 0 aliphatic rings. The lowest BCUT2D eigenvalue weighted by atomic mass is 10.0. The molecule has 0 aliphatic heterocycles. The van der Waals surface area contributed by atoms with E-state index in [1.165, 1.54) is 5.56 Å². The highest BCUT2D eigenvalue weighted by molar-refractivity contribution is 7.22. The number of fused-ring (bicyclic) bond motifs is 1. The second-order valence-electron chi connectivity index (χ2n) is 5.21. The fourth-order valence-electron chi connectivity index (χ4n) is 2.49. The molecule has 3 nitrogen and oxygen atoms in total. The Morgan fingerprint density at radius 3 is 2.64 bits per heavy atom. The van der Waals surface area contributed by atoms with Gasteiger partial charge >= 0.3 is 0 Å². The van der Waals surface area contributed by atoms with Gasteiger partial charge in [-0.3, -0.25) is 0 Å². The van der Waals surface area contributed by atoms with E-state index in [1.807, 2.05) is 19.1 Å². The molecule has 0 unspecified atom stereocenters. The van der Waals surface area contributed by atoms with Crippen LogP contribution in [0.2, 0.25) is 0 Å². The van der Waals surface area contributed by atoms with E-state index in [1.54, 1.807) is 17.6 Å². The van der Waals surface area contributed by atoms with Gasteiger partial charge in [-0.05, 0) is 31.5 Å². The Balaban J connectivity index is 2.05. The second-order valence-corrected chi connectivity index (χ2v) is 6.21. The number of benzene rings is 1. The Morgan fingerprint density at radius 2 is 1.91 bits per heavy atom. The number of furan rings is 1. The molecule has 0 fully saturated rings. The molecule has 3 aromatic heterocycles. The third-order valence-electron chi connectivity index (χ3n) is 3.57. The smallest absolute Gasteiger partial charge is 0.144 e. The van der Waals surface area contributed by atoms with Crippen molar-refractivity contribution in [3.8, 4) is 21.8 Å². The zero-order chi connectivity index (χ0) is 15.1. The van der Waals surface area contributed by atoms with E-state index in [0.29, 0.717) is 0 Å². The largest absolute Gasteiger partial charge is 0.463 e. The van der Waals surface area contributed by atoms with Crippen molar-refractivity contribution in [2.45, 2.75) is 13.8 Å². The highest BCUT2D eigenvalue weighted by Gasteiger charge is 2.19. The zero-order valence-corrected chi connectivity index (χ0v) is 13.1. The van der Waals surface area contributed by atoms with Crippen LogP contribution >= 0.6 is 11.3 Å². The Morgan fingerprint density at radius 1 is 1.09 bits per heavy atom. The van der Waals surface area contributed by atoms with Crippen molar-refractivity contribution in [3.05, 3.63) is 60.2 Å². The van der Waals surface area contributed by atoms with Crippen molar-refractivity contribution in [2.75, 3.05) is 0 Å². The molecule has 0 saturated carbocycles. The van der Waals surface area contributed by atoms with Crippen molar-refractivity contribution < 1.29 is 4.42 Å². The molecule has 0 N–H and O–H groups in total. The molecule has 1 radical (unpaired) electrons. The molecule has 22 heavy (non-hydrogen) atoms. The molecule has 0 saturated heterocycles. The first kappa shape index (κ1) is 13.2. The Kier molecular flexibility index (Phi) is 3.05. The van der Waals surface area contributed by atoms with Gasteiger partial charge in [-0.15, -0.1) is 11.3 Å². The first-order chi connectivity index (χ1) is 10.7. The van der Waals surface area contributed by atoms with Gasteiger partial charge in [0, 0.05) is 10.9 Å². The number of hydrogen-bond donors (Lipinski definition) is 0. The molecule has 0 bridgehead atoms. The summed E-state index contributed by atoms with van der Waals surface area (Å²) < 4.78 is 5.61. The van der Waals surface area contributed by atoms with Crippen LogP contribution in [0.1, 0.15) is 11.4 Å². The van der Waals surface area contributed by atoms with Crippen molar-refractivity contribution in [2.24, 2.45) is 0 Å². The third kappa shape index (κ3) is 2.12. The summed E-state index contributed by atoms with van der Waals surface area (Å²) in [5, 5.41) is 0.950. The Hall–Kier alpha value is -2.46. The molecule has 0 aliphatic carbocycles. The first-order valence-corrected chi connectivity index (χ1v) is 7.84. The first-order valence-electron chi connectivity index (χ1n) is 7.02. The lowest BCUT2D eigenvalue weighted by Gasteiger charge is -2.04. The summed E-state index contributed by atoms with van der Waals surface area (Å²) in [5.74, 6) is 1.58. The van der Waals surface area contributed by atoms with Crippen molar-refractivity contribution in [1.82, 2.24) is 9.97 Å². The maximum Gasteiger partial charge on any atom is 0.144 e. The average molecular weight is 305 g/mol. The number of hydrogen-bond acceptors (Lipinski definition) is 4. The molecule has 107 valence electrons. The van der Waals surface area contributed by atoms with Gasteiger partial charge in [0.25, 0.3) is 0 Å². The lowest BCUT2D eigenvalue weighted by Crippen LogP contribution is -1.86. The molecular weight excluding hydrogens is 292 g/mol. The van der Waals surface area contributed by atoms with Crippen LogP contribution in [0.25, 0.3) is 32.0 Å². The van der Waals surface area contributed by atoms with E-state index < -0.39 is 0 Å². The molecule has 4 rings (SSSR count). The summed E-state index contributed by atoms with van der Waals surface area (Å²) in [4.78, 5) is 10.8. The third-order valence-corrected chi connectivity index (χ3v) is 4.67. The fraction of sp³-hybridized carbons (Fsp3) is 0.111. The zero-order valence-electron chi connectivity index (χ0n) is 12.3. The van der Waals surface area contributed by atoms with E-state index in [0.717, 1.165) is 37.8 Å². The van der Waals surface area contributed by atoms with Crippen LogP contribution in [0, 0.1) is 20.0 Å². The van der Waals surface area contributed by atoms with Gasteiger partial charge in [-0.1, -0.05) is 29.8 Å². The highest BCUT2D eigenvalue weighted by Crippen LogP contribution is 2.43. The predicted octanol–water partition coefficient (Wildman–Crippen LogP) is 5.04. The van der Waals surface area contributed by atoms with Gasteiger partial charge in [0.05, 0.1) is 11.1 Å². The quantitative estimate of drug-likeness (QED) is 0.521. The van der Waals surface area contributed by atoms with Gasteiger partial charge < -0.3 is 4.42 Å². The summed E-state index contributed by atoms with van der Waals surface area (Å²) in [6, 6.07) is 12.3. The molecular formula is C18H13N2OS. The Labute approximate surface area is 132 Å². The molecule has 0 amide bonds. The van der Waals surface area contributed by atoms with E-state index in [-0.39, 0.29) is 0 Å². The predicted molar refractivity (Wildman–Crippen MR) is 88.9 cm³/mol. The lowest BCUT2D eigenvalue weighted by molar-refractivity contribution is 0.584. The Bertz CT molecular complexity index is 937. The van der Waals surface area contributed by atoms with Gasteiger partial charge in [0.15, 0.2) is 0 Å². The van der Waals surface area contributed by atoms with Gasteiger partial charge in [-0.25, -0.2) is 9.97 Å². The summed E-state index contributed by atoms with van der Waals surface area (Å²) in [7, 11) is 0. The van der Waals surface area contributed by atoms with Crippen LogP contribution in [-0.2, 0) is 0 Å². The van der Waals surface area contributed by atoms with Crippen LogP contribution in [0.15, 0.2) is 47.1 Å². The second kappa shape index (κ2) is 5.07. The minimum atomic E-state index is 0.732. The van der Waals surface area contributed by atoms with Crippen molar-refractivity contribution in [3.63, 3.8) is 0 Å². The monoisotopic (exact) mass is 305 g/mol. The summed E-state index contributed by atoms with van der Waals surface area (Å²) in [5.41, 5.74) is 3.46. The fourth-order valence-corrected chi connectivity index (χ4v) is 3.65. The number of thiophene rings is 1. The number of rotatable bonds is 2. The van der Waals surface area contributed by atoms with E-state index in [4.69, 9.17) is 4.42 Å². The molecule has 4 heteroatoms. The van der Waals surface area contributed by atoms with Crippen LogP contribution in [0.3, 0.4) is 0 Å². The van der Waals surface area contributed by atoms with Gasteiger partial charge in [0.1, 0.15) is 22.6 Å². The minimum absolute atomic E-state index is 0.732. The molecule has 0 spiro atoms. The molecule has 4 aromatic rings. The average Bonchev–Trinajstić information content (AvgIpc) is 3.14. The van der Waals surface area contributed by atoms with Crippen molar-refractivity contribution in [1.29, 1.82) is 0 Å². The topological polar surface area (TPSA) is 38.9 Å². The maximum atomic E-state index is 5.61. The molecule has 0 atom stereocenters. The minimum Gasteiger partial charge on any atom is -0.463 e. The van der Waals surface area contributed by atoms with E-state index >= 15 is 0 Å². The van der Waals surface area contributed by atoms with Crippen LogP contribution < -0.4 is 0 Å². The summed E-state index contributed by atoms with van der Waals surface area (Å²) >= 11 is 1.62. The summed E-state index contributed by atoms with van der Waals surface area (Å²) in [6.45, 7) is 3.97. The normalized spacial score (nSPS) is 11.2. The highest BCUT2D eigenvalue weighted by atomic mass is 32.1. The molecule has 3 heterocycles. The maximum absolute atomic E-state index is 5.61. The number of aromatic nitrogens is 2. The number of aryl methyl sites for hydroxylation is 2. The van der Waals surface area contributed by atoms with Gasteiger partial charge in [-0.2, -0.15) is 0 Å². The number of nitrogens with zero attached hydrogens (tertiary/aromatic N) is 2. The van der Waals surface area contributed by atoms with Crippen LogP contribution in [0.4, 0.5) is 0 Å². The standard InChI is InChI=1S/C18H13N2OS/c1-11-5-7-13(8-6-11)16-14-10-19-12(2)20-18(14)22-17(16)15-4-3-9-21-15/h3-9H,1-2H3.